The molecule has 0 aliphatic rings. The molecular weight excluding hydrogens is 266 g/mol. The van der Waals surface area contributed by atoms with Crippen LogP contribution in [0.15, 0.2) is 36.7 Å². The largest absolute Gasteiger partial charge is 0.496 e. The number of nitrogens with one attached hydrogen (secondary N) is 1. The van der Waals surface area contributed by atoms with E-state index in [2.05, 4.69) is 10.4 Å². The Morgan fingerprint density at radius 1 is 1.29 bits per heavy atom. The number of hydrogen-bond acceptors (Lipinski definition) is 5. The molecule has 2 aromatic rings. The quantitative estimate of drug-likeness (QED) is 0.630. The van der Waals surface area contributed by atoms with Crippen molar-refractivity contribution >= 4 is 0 Å². The minimum Gasteiger partial charge on any atom is -0.496 e. The van der Waals surface area contributed by atoms with Crippen molar-refractivity contribution in [1.29, 1.82) is 0 Å². The number of nitrogens with zero attached hydrogens (tertiary/aromatic N) is 1. The Morgan fingerprint density at radius 2 is 2.10 bits per heavy atom. The number of pyridine rings is 1. The zero-order chi connectivity index (χ0) is 15.2. The smallest absolute Gasteiger partial charge is 0.137 e. The van der Waals surface area contributed by atoms with Gasteiger partial charge in [-0.05, 0) is 37.1 Å². The molecule has 0 amide bonds. The van der Waals surface area contributed by atoms with Crippen molar-refractivity contribution in [1.82, 2.24) is 10.4 Å². The highest BCUT2D eigenvalue weighted by Crippen LogP contribution is 2.31. The lowest BCUT2D eigenvalue weighted by Crippen LogP contribution is -2.29. The van der Waals surface area contributed by atoms with Crippen molar-refractivity contribution in [2.24, 2.45) is 5.84 Å². The molecule has 5 nitrogen and oxygen atoms in total. The lowest BCUT2D eigenvalue weighted by Gasteiger charge is -2.20. The monoisotopic (exact) mass is 287 g/mol. The van der Waals surface area contributed by atoms with Crippen LogP contribution in [0, 0.1) is 6.92 Å². The van der Waals surface area contributed by atoms with E-state index in [1.54, 1.807) is 19.5 Å². The molecule has 5 heteroatoms. The summed E-state index contributed by atoms with van der Waals surface area (Å²) in [6, 6.07) is 7.74. The lowest BCUT2D eigenvalue weighted by molar-refractivity contribution is 0.338. The van der Waals surface area contributed by atoms with Crippen LogP contribution in [0.1, 0.15) is 29.7 Å². The SMILES string of the molecule is CCOc1cncc(C(NN)c2ccc(C)cc2OC)c1. The molecule has 3 N–H and O–H groups in total. The van der Waals surface area contributed by atoms with Crippen LogP contribution in [0.2, 0.25) is 0 Å². The summed E-state index contributed by atoms with van der Waals surface area (Å²) in [7, 11) is 1.65. The van der Waals surface area contributed by atoms with Gasteiger partial charge >= 0.3 is 0 Å². The van der Waals surface area contributed by atoms with Crippen LogP contribution < -0.4 is 20.7 Å². The number of hydrogen-bond donors (Lipinski definition) is 2. The Hall–Kier alpha value is -2.11. The second-order valence-corrected chi connectivity index (χ2v) is 4.73. The van der Waals surface area contributed by atoms with E-state index in [9.17, 15) is 0 Å². The van der Waals surface area contributed by atoms with Crippen LogP contribution in [0.4, 0.5) is 0 Å². The number of benzene rings is 1. The number of nitrogens with two attached hydrogens (primary N) is 1. The molecule has 1 atom stereocenters. The molecule has 112 valence electrons. The predicted molar refractivity (Wildman–Crippen MR) is 82.3 cm³/mol. The number of ether oxygens (including phenoxy) is 2. The summed E-state index contributed by atoms with van der Waals surface area (Å²) >= 11 is 0. The maximum Gasteiger partial charge on any atom is 0.137 e. The molecule has 0 aliphatic heterocycles. The molecule has 1 heterocycles. The number of aromatic nitrogens is 1. The molecule has 0 fully saturated rings. The average molecular weight is 287 g/mol. The summed E-state index contributed by atoms with van der Waals surface area (Å²) in [6.07, 6.45) is 3.46. The van der Waals surface area contributed by atoms with Gasteiger partial charge in [-0.3, -0.25) is 10.8 Å². The van der Waals surface area contributed by atoms with E-state index in [0.29, 0.717) is 6.61 Å². The highest BCUT2D eigenvalue weighted by atomic mass is 16.5. The van der Waals surface area contributed by atoms with Gasteiger partial charge < -0.3 is 9.47 Å². The van der Waals surface area contributed by atoms with Crippen molar-refractivity contribution in [3.63, 3.8) is 0 Å². The van der Waals surface area contributed by atoms with Crippen molar-refractivity contribution in [2.45, 2.75) is 19.9 Å². The first-order chi connectivity index (χ1) is 10.2. The van der Waals surface area contributed by atoms with Gasteiger partial charge in [-0.1, -0.05) is 12.1 Å². The van der Waals surface area contributed by atoms with Crippen molar-refractivity contribution in [2.75, 3.05) is 13.7 Å². The normalized spacial score (nSPS) is 12.0. The third-order valence-electron chi connectivity index (χ3n) is 3.25. The summed E-state index contributed by atoms with van der Waals surface area (Å²) in [5, 5.41) is 0. The molecule has 0 saturated heterocycles. The fraction of sp³-hybridized carbons (Fsp3) is 0.312. The van der Waals surface area contributed by atoms with E-state index in [-0.39, 0.29) is 6.04 Å². The van der Waals surface area contributed by atoms with E-state index in [0.717, 1.165) is 28.2 Å². The topological polar surface area (TPSA) is 69.4 Å². The van der Waals surface area contributed by atoms with Gasteiger partial charge in [-0.2, -0.15) is 0 Å². The third-order valence-corrected chi connectivity index (χ3v) is 3.25. The maximum atomic E-state index is 5.75. The molecular formula is C16H21N3O2. The minimum atomic E-state index is -0.214. The lowest BCUT2D eigenvalue weighted by atomic mass is 9.98. The van der Waals surface area contributed by atoms with E-state index < -0.39 is 0 Å². The van der Waals surface area contributed by atoms with Gasteiger partial charge in [-0.15, -0.1) is 0 Å². The summed E-state index contributed by atoms with van der Waals surface area (Å²) in [4.78, 5) is 4.21. The van der Waals surface area contributed by atoms with Gasteiger partial charge in [0.25, 0.3) is 0 Å². The fourth-order valence-electron chi connectivity index (χ4n) is 2.26. The number of rotatable bonds is 6. The average Bonchev–Trinajstić information content (AvgIpc) is 2.50. The Kier molecular flexibility index (Phi) is 5.14. The van der Waals surface area contributed by atoms with Crippen LogP contribution in [0.5, 0.6) is 11.5 Å². The molecule has 0 aliphatic carbocycles. The first-order valence-corrected chi connectivity index (χ1v) is 6.88. The number of hydrazine groups is 1. The van der Waals surface area contributed by atoms with Gasteiger partial charge in [0.2, 0.25) is 0 Å². The zero-order valence-electron chi connectivity index (χ0n) is 12.6. The van der Waals surface area contributed by atoms with Crippen molar-refractivity contribution in [3.8, 4) is 11.5 Å². The molecule has 1 aromatic carbocycles. The van der Waals surface area contributed by atoms with Crippen LogP contribution in [-0.4, -0.2) is 18.7 Å². The Labute approximate surface area is 125 Å². The summed E-state index contributed by atoms with van der Waals surface area (Å²) in [6.45, 7) is 4.56. The van der Waals surface area contributed by atoms with E-state index in [1.807, 2.05) is 38.1 Å². The molecule has 0 saturated carbocycles. The van der Waals surface area contributed by atoms with Crippen LogP contribution in [0.3, 0.4) is 0 Å². The second-order valence-electron chi connectivity index (χ2n) is 4.73. The van der Waals surface area contributed by atoms with Crippen LogP contribution in [0.25, 0.3) is 0 Å². The van der Waals surface area contributed by atoms with E-state index in [1.165, 1.54) is 0 Å². The molecule has 1 aromatic heterocycles. The van der Waals surface area contributed by atoms with Gasteiger partial charge in [0.05, 0.1) is 26.0 Å². The highest BCUT2D eigenvalue weighted by molar-refractivity contribution is 5.44. The summed E-state index contributed by atoms with van der Waals surface area (Å²) in [5.74, 6) is 7.26. The highest BCUT2D eigenvalue weighted by Gasteiger charge is 2.18. The summed E-state index contributed by atoms with van der Waals surface area (Å²) in [5.41, 5.74) is 5.84. The molecule has 0 spiro atoms. The van der Waals surface area contributed by atoms with Gasteiger partial charge in [0.15, 0.2) is 0 Å². The van der Waals surface area contributed by atoms with Crippen molar-refractivity contribution < 1.29 is 9.47 Å². The molecule has 1 unspecified atom stereocenters. The van der Waals surface area contributed by atoms with Gasteiger partial charge in [0.1, 0.15) is 11.5 Å². The van der Waals surface area contributed by atoms with E-state index in [4.69, 9.17) is 15.3 Å². The van der Waals surface area contributed by atoms with Crippen LogP contribution in [-0.2, 0) is 0 Å². The van der Waals surface area contributed by atoms with Gasteiger partial charge in [-0.25, -0.2) is 5.43 Å². The zero-order valence-corrected chi connectivity index (χ0v) is 12.6. The summed E-state index contributed by atoms with van der Waals surface area (Å²) < 4.78 is 11.0. The first-order valence-electron chi connectivity index (χ1n) is 6.88. The fourth-order valence-corrected chi connectivity index (χ4v) is 2.26. The Balaban J connectivity index is 2.42. The molecule has 0 radical (unpaired) electrons. The minimum absolute atomic E-state index is 0.214. The third kappa shape index (κ3) is 3.51. The molecule has 0 bridgehead atoms. The van der Waals surface area contributed by atoms with Crippen LogP contribution >= 0.6 is 0 Å². The second kappa shape index (κ2) is 7.06. The van der Waals surface area contributed by atoms with Gasteiger partial charge in [0, 0.05) is 11.8 Å². The Bertz CT molecular complexity index is 602. The molecule has 21 heavy (non-hydrogen) atoms. The van der Waals surface area contributed by atoms with E-state index >= 15 is 0 Å². The van der Waals surface area contributed by atoms with Crippen molar-refractivity contribution in [3.05, 3.63) is 53.3 Å². The number of aryl methyl sites for hydroxylation is 1. The predicted octanol–water partition coefficient (Wildman–Crippen LogP) is 2.35. The Morgan fingerprint density at radius 3 is 2.76 bits per heavy atom. The standard InChI is InChI=1S/C16H21N3O2/c1-4-21-13-8-12(9-18-10-13)16(19-17)14-6-5-11(2)7-15(14)20-3/h5-10,16,19H,4,17H2,1-3H3. The first kappa shape index (κ1) is 15.3. The molecule has 2 rings (SSSR count). The maximum absolute atomic E-state index is 5.75. The number of methoxy groups -OCH3 is 1.